The summed E-state index contributed by atoms with van der Waals surface area (Å²) >= 11 is 0. The fourth-order valence-electron chi connectivity index (χ4n) is 1.82. The Bertz CT molecular complexity index is 536. The number of hydrogen-bond donors (Lipinski definition) is 3. The fraction of sp³-hybridized carbons (Fsp3) is 0.250. The van der Waals surface area contributed by atoms with Gasteiger partial charge in [0.25, 0.3) is 0 Å². The van der Waals surface area contributed by atoms with E-state index >= 15 is 0 Å². The Morgan fingerprint density at radius 2 is 1.58 bits per heavy atom. The molecular formula is C12H16FN6+. The zero-order valence-corrected chi connectivity index (χ0v) is 10.6. The van der Waals surface area contributed by atoms with Crippen LogP contribution in [0, 0.1) is 5.82 Å². The van der Waals surface area contributed by atoms with Gasteiger partial charge in [-0.3, -0.25) is 0 Å². The molecule has 0 saturated carbocycles. The van der Waals surface area contributed by atoms with Crippen molar-refractivity contribution in [3.63, 3.8) is 0 Å². The van der Waals surface area contributed by atoms with Crippen LogP contribution in [0.4, 0.5) is 16.3 Å². The Labute approximate surface area is 110 Å². The first-order valence-corrected chi connectivity index (χ1v) is 5.84. The molecule has 0 saturated heterocycles. The Kier molecular flexibility index (Phi) is 3.86. The summed E-state index contributed by atoms with van der Waals surface area (Å²) in [6, 6.07) is 6.41. The Hall–Kier alpha value is -2.28. The van der Waals surface area contributed by atoms with Crippen LogP contribution in [0.3, 0.4) is 0 Å². The van der Waals surface area contributed by atoms with E-state index in [9.17, 15) is 4.39 Å². The minimum atomic E-state index is -0.237. The summed E-state index contributed by atoms with van der Waals surface area (Å²) in [7, 11) is 1.99. The van der Waals surface area contributed by atoms with Crippen molar-refractivity contribution in [3.8, 4) is 0 Å². The molecule has 0 radical (unpaired) electrons. The van der Waals surface area contributed by atoms with Gasteiger partial charge in [0.05, 0.1) is 7.05 Å². The molecule has 2 aromatic rings. The number of halogens is 1. The Balaban J connectivity index is 2.00. The van der Waals surface area contributed by atoms with Crippen LogP contribution >= 0.6 is 0 Å². The third-order valence-electron chi connectivity index (χ3n) is 2.60. The molecule has 0 amide bonds. The molecule has 5 N–H and O–H groups in total. The first-order chi connectivity index (χ1) is 9.02. The lowest BCUT2D eigenvalue weighted by Gasteiger charge is -2.13. The smallest absolute Gasteiger partial charge is 0.225 e. The number of nitrogen functional groups attached to an aromatic ring is 2. The van der Waals surface area contributed by atoms with Crippen LogP contribution in [0.1, 0.15) is 11.4 Å². The maximum atomic E-state index is 12.8. The van der Waals surface area contributed by atoms with Crippen molar-refractivity contribution in [2.45, 2.75) is 13.1 Å². The van der Waals surface area contributed by atoms with Crippen LogP contribution in [-0.4, -0.2) is 22.0 Å². The van der Waals surface area contributed by atoms with E-state index in [-0.39, 0.29) is 17.7 Å². The molecule has 1 atom stereocenters. The fourth-order valence-corrected chi connectivity index (χ4v) is 1.82. The van der Waals surface area contributed by atoms with Gasteiger partial charge >= 0.3 is 0 Å². The molecule has 1 heterocycles. The van der Waals surface area contributed by atoms with Crippen LogP contribution in [0.15, 0.2) is 24.3 Å². The van der Waals surface area contributed by atoms with Crippen LogP contribution < -0.4 is 16.4 Å². The van der Waals surface area contributed by atoms with Crippen molar-refractivity contribution in [2.75, 3.05) is 18.5 Å². The van der Waals surface area contributed by atoms with Gasteiger partial charge in [-0.15, -0.1) is 0 Å². The van der Waals surface area contributed by atoms with Crippen molar-refractivity contribution >= 4 is 11.9 Å². The highest BCUT2D eigenvalue weighted by Crippen LogP contribution is 2.01. The average Bonchev–Trinajstić information content (AvgIpc) is 2.30. The summed E-state index contributed by atoms with van der Waals surface area (Å²) in [4.78, 5) is 12.9. The normalized spacial score (nSPS) is 12.3. The summed E-state index contributed by atoms with van der Waals surface area (Å²) < 4.78 is 12.8. The summed E-state index contributed by atoms with van der Waals surface area (Å²) in [6.07, 6.45) is 0. The number of rotatable bonds is 4. The van der Waals surface area contributed by atoms with Gasteiger partial charge in [-0.1, -0.05) is 12.1 Å². The number of benzene rings is 1. The highest BCUT2D eigenvalue weighted by Gasteiger charge is 2.09. The second-order valence-electron chi connectivity index (χ2n) is 4.41. The molecular weight excluding hydrogens is 247 g/mol. The highest BCUT2D eigenvalue weighted by atomic mass is 19.1. The zero-order chi connectivity index (χ0) is 13.8. The van der Waals surface area contributed by atoms with E-state index in [1.54, 1.807) is 12.1 Å². The van der Waals surface area contributed by atoms with Crippen molar-refractivity contribution < 1.29 is 9.29 Å². The lowest BCUT2D eigenvalue weighted by Crippen LogP contribution is -3.06. The van der Waals surface area contributed by atoms with Crippen molar-refractivity contribution in [1.29, 1.82) is 0 Å². The summed E-state index contributed by atoms with van der Waals surface area (Å²) in [5.41, 5.74) is 12.1. The van der Waals surface area contributed by atoms with E-state index in [1.165, 1.54) is 12.1 Å². The minimum Gasteiger partial charge on any atom is -0.368 e. The molecule has 7 heteroatoms. The third kappa shape index (κ3) is 3.85. The number of nitrogens with two attached hydrogens (primary N) is 2. The van der Waals surface area contributed by atoms with Gasteiger partial charge in [0.15, 0.2) is 5.82 Å². The standard InChI is InChI=1S/C12H15FN6/c1-19(6-8-2-4-9(13)5-3-8)7-10-16-11(14)18-12(15)17-10/h2-5H,6-7H2,1H3,(H4,14,15,16,17,18)/p+1. The van der Waals surface area contributed by atoms with Crippen molar-refractivity contribution in [3.05, 3.63) is 41.5 Å². The molecule has 100 valence electrons. The van der Waals surface area contributed by atoms with Crippen molar-refractivity contribution in [2.24, 2.45) is 0 Å². The van der Waals surface area contributed by atoms with E-state index in [0.29, 0.717) is 12.4 Å². The van der Waals surface area contributed by atoms with E-state index in [4.69, 9.17) is 11.5 Å². The van der Waals surface area contributed by atoms with Crippen LogP contribution in [-0.2, 0) is 13.1 Å². The molecule has 2 rings (SSSR count). The average molecular weight is 263 g/mol. The van der Waals surface area contributed by atoms with Crippen molar-refractivity contribution in [1.82, 2.24) is 15.0 Å². The van der Waals surface area contributed by atoms with Crippen LogP contribution in [0.2, 0.25) is 0 Å². The summed E-state index contributed by atoms with van der Waals surface area (Å²) in [5, 5.41) is 0. The molecule has 1 aromatic heterocycles. The van der Waals surface area contributed by atoms with Gasteiger partial charge in [-0.2, -0.15) is 15.0 Å². The predicted octanol–water partition coefficient (Wildman–Crippen LogP) is -0.610. The number of nitrogens with zero attached hydrogens (tertiary/aromatic N) is 3. The van der Waals surface area contributed by atoms with Gasteiger partial charge in [-0.25, -0.2) is 4.39 Å². The lowest BCUT2D eigenvalue weighted by molar-refractivity contribution is -0.908. The number of aromatic nitrogens is 3. The third-order valence-corrected chi connectivity index (χ3v) is 2.60. The first-order valence-electron chi connectivity index (χ1n) is 5.84. The van der Waals surface area contributed by atoms with Crippen LogP contribution in [0.5, 0.6) is 0 Å². The molecule has 19 heavy (non-hydrogen) atoms. The lowest BCUT2D eigenvalue weighted by atomic mass is 10.2. The molecule has 6 nitrogen and oxygen atoms in total. The topological polar surface area (TPSA) is 95.2 Å². The van der Waals surface area contributed by atoms with Gasteiger partial charge in [0, 0.05) is 5.56 Å². The summed E-state index contributed by atoms with van der Waals surface area (Å²) in [5.74, 6) is 0.554. The molecule has 0 fully saturated rings. The largest absolute Gasteiger partial charge is 0.368 e. The van der Waals surface area contributed by atoms with E-state index in [0.717, 1.165) is 17.0 Å². The zero-order valence-electron chi connectivity index (χ0n) is 10.6. The Morgan fingerprint density at radius 3 is 2.16 bits per heavy atom. The van der Waals surface area contributed by atoms with E-state index < -0.39 is 0 Å². The number of hydrogen-bond acceptors (Lipinski definition) is 5. The number of nitrogens with one attached hydrogen (secondary N) is 1. The minimum absolute atomic E-state index is 0.122. The second-order valence-corrected chi connectivity index (χ2v) is 4.41. The monoisotopic (exact) mass is 263 g/mol. The molecule has 1 aromatic carbocycles. The molecule has 0 bridgehead atoms. The molecule has 1 unspecified atom stereocenters. The second kappa shape index (κ2) is 5.57. The van der Waals surface area contributed by atoms with E-state index in [1.807, 2.05) is 7.05 Å². The first kappa shape index (κ1) is 13.2. The predicted molar refractivity (Wildman–Crippen MR) is 69.3 cm³/mol. The quantitative estimate of drug-likeness (QED) is 0.684. The van der Waals surface area contributed by atoms with Gasteiger partial charge < -0.3 is 16.4 Å². The SMILES string of the molecule is C[NH+](Cc1ccc(F)cc1)Cc1nc(N)nc(N)n1. The summed E-state index contributed by atoms with van der Waals surface area (Å²) in [6.45, 7) is 1.29. The number of quaternary nitrogens is 1. The van der Waals surface area contributed by atoms with Gasteiger partial charge in [0.2, 0.25) is 11.9 Å². The molecule has 0 aliphatic rings. The maximum Gasteiger partial charge on any atom is 0.225 e. The maximum absolute atomic E-state index is 12.8. The highest BCUT2D eigenvalue weighted by molar-refractivity contribution is 5.25. The van der Waals surface area contributed by atoms with Crippen LogP contribution in [0.25, 0.3) is 0 Å². The van der Waals surface area contributed by atoms with Gasteiger partial charge in [0.1, 0.15) is 18.9 Å². The van der Waals surface area contributed by atoms with Gasteiger partial charge in [-0.05, 0) is 12.1 Å². The molecule has 0 spiro atoms. The molecule has 0 aliphatic heterocycles. The number of anilines is 2. The molecule has 0 aliphatic carbocycles. The Morgan fingerprint density at radius 1 is 1.00 bits per heavy atom. The van der Waals surface area contributed by atoms with E-state index in [2.05, 4.69) is 15.0 Å².